The van der Waals surface area contributed by atoms with E-state index in [1.807, 2.05) is 0 Å². The molecule has 0 aliphatic carbocycles. The maximum Gasteiger partial charge on any atom is 0.416 e. The summed E-state index contributed by atoms with van der Waals surface area (Å²) < 4.78 is 54.6. The molecule has 0 bridgehead atoms. The first kappa shape index (κ1) is 22.8. The quantitative estimate of drug-likeness (QED) is 0.406. The lowest BCUT2D eigenvalue weighted by Gasteiger charge is -2.10. The number of benzene rings is 1. The summed E-state index contributed by atoms with van der Waals surface area (Å²) in [5.41, 5.74) is 0.888. The molecule has 2 N–H and O–H groups in total. The lowest BCUT2D eigenvalue weighted by Crippen LogP contribution is -2.17. The fourth-order valence-electron chi connectivity index (χ4n) is 3.06. The SMILES string of the molecule is Cn1cc(Nc2ncc(-c3ccc(CC(=O)Nc4cc(C(F)(F)F)ccn4)c(F)c3)cn2)cn1. The van der Waals surface area contributed by atoms with Crippen molar-refractivity contribution in [2.45, 2.75) is 12.6 Å². The second-order valence-corrected chi connectivity index (χ2v) is 7.28. The molecule has 0 saturated heterocycles. The van der Waals surface area contributed by atoms with E-state index in [0.29, 0.717) is 28.8 Å². The molecule has 8 nitrogen and oxygen atoms in total. The summed E-state index contributed by atoms with van der Waals surface area (Å²) in [5, 5.41) is 9.27. The number of rotatable bonds is 6. The summed E-state index contributed by atoms with van der Waals surface area (Å²) >= 11 is 0. The normalized spacial score (nSPS) is 11.3. The van der Waals surface area contributed by atoms with Gasteiger partial charge in [0.2, 0.25) is 11.9 Å². The van der Waals surface area contributed by atoms with Gasteiger partial charge in [0, 0.05) is 37.4 Å². The molecule has 0 unspecified atom stereocenters. The fraction of sp³-hybridized carbons (Fsp3) is 0.136. The summed E-state index contributed by atoms with van der Waals surface area (Å²) in [6, 6.07) is 5.76. The first-order valence-electron chi connectivity index (χ1n) is 9.87. The molecule has 4 rings (SSSR count). The smallest absolute Gasteiger partial charge is 0.321 e. The van der Waals surface area contributed by atoms with Gasteiger partial charge in [-0.15, -0.1) is 0 Å². The molecule has 0 aliphatic rings. The first-order chi connectivity index (χ1) is 16.2. The van der Waals surface area contributed by atoms with Gasteiger partial charge in [0.05, 0.1) is 23.9 Å². The largest absolute Gasteiger partial charge is 0.416 e. The lowest BCUT2D eigenvalue weighted by atomic mass is 10.0. The van der Waals surface area contributed by atoms with E-state index < -0.39 is 23.5 Å². The molecule has 1 amide bonds. The zero-order chi connectivity index (χ0) is 24.3. The van der Waals surface area contributed by atoms with Crippen LogP contribution < -0.4 is 10.6 Å². The molecule has 174 valence electrons. The summed E-state index contributed by atoms with van der Waals surface area (Å²) in [6.07, 6.45) is 2.40. The Morgan fingerprint density at radius 2 is 1.79 bits per heavy atom. The number of alkyl halides is 3. The van der Waals surface area contributed by atoms with Crippen LogP contribution in [0.3, 0.4) is 0 Å². The number of anilines is 3. The molecule has 0 aliphatic heterocycles. The zero-order valence-electron chi connectivity index (χ0n) is 17.6. The Balaban J connectivity index is 1.41. The highest BCUT2D eigenvalue weighted by Gasteiger charge is 2.30. The standard InChI is InChI=1S/C22H17F4N7O/c1-33-12-17(11-30-33)31-21-28-9-15(10-29-21)13-2-3-14(18(23)6-13)7-20(34)32-19-8-16(4-5-27-19)22(24,25)26/h2-6,8-12H,7H2,1H3,(H,27,32,34)(H,28,29,31). The summed E-state index contributed by atoms with van der Waals surface area (Å²) in [5.74, 6) is -1.28. The van der Waals surface area contributed by atoms with Crippen molar-refractivity contribution in [1.29, 1.82) is 0 Å². The van der Waals surface area contributed by atoms with Crippen molar-refractivity contribution < 1.29 is 22.4 Å². The van der Waals surface area contributed by atoms with Crippen LogP contribution in [-0.2, 0) is 24.4 Å². The molecule has 0 saturated carbocycles. The van der Waals surface area contributed by atoms with Crippen LogP contribution in [0.1, 0.15) is 11.1 Å². The Bertz CT molecular complexity index is 1320. The number of hydrogen-bond donors (Lipinski definition) is 2. The van der Waals surface area contributed by atoms with Gasteiger partial charge in [-0.25, -0.2) is 19.3 Å². The highest BCUT2D eigenvalue weighted by atomic mass is 19.4. The minimum atomic E-state index is -4.57. The average Bonchev–Trinajstić information content (AvgIpc) is 3.20. The topological polar surface area (TPSA) is 97.6 Å². The van der Waals surface area contributed by atoms with Crippen molar-refractivity contribution in [1.82, 2.24) is 24.7 Å². The van der Waals surface area contributed by atoms with Crippen LogP contribution in [0, 0.1) is 5.82 Å². The van der Waals surface area contributed by atoms with Crippen molar-refractivity contribution in [2.24, 2.45) is 7.05 Å². The summed E-state index contributed by atoms with van der Waals surface area (Å²) in [4.78, 5) is 24.3. The number of aryl methyl sites for hydroxylation is 1. The van der Waals surface area contributed by atoms with Crippen molar-refractivity contribution in [3.05, 3.63) is 78.3 Å². The number of nitrogens with zero attached hydrogens (tertiary/aromatic N) is 5. The molecular formula is C22H17F4N7O. The minimum Gasteiger partial charge on any atom is -0.321 e. The third kappa shape index (κ3) is 5.52. The highest BCUT2D eigenvalue weighted by molar-refractivity contribution is 5.91. The molecule has 3 aromatic heterocycles. The molecular weight excluding hydrogens is 454 g/mol. The number of nitrogens with one attached hydrogen (secondary N) is 2. The van der Waals surface area contributed by atoms with Crippen LogP contribution in [0.4, 0.5) is 35.0 Å². The van der Waals surface area contributed by atoms with E-state index in [4.69, 9.17) is 0 Å². The highest BCUT2D eigenvalue weighted by Crippen LogP contribution is 2.30. The molecule has 0 atom stereocenters. The molecule has 3 heterocycles. The van der Waals surface area contributed by atoms with E-state index in [2.05, 4.69) is 30.7 Å². The second-order valence-electron chi connectivity index (χ2n) is 7.28. The van der Waals surface area contributed by atoms with E-state index in [0.717, 1.165) is 12.3 Å². The fourth-order valence-corrected chi connectivity index (χ4v) is 3.06. The van der Waals surface area contributed by atoms with E-state index in [-0.39, 0.29) is 17.8 Å². The van der Waals surface area contributed by atoms with Gasteiger partial charge in [-0.1, -0.05) is 12.1 Å². The number of pyridine rings is 1. The Hall–Kier alpha value is -4.35. The van der Waals surface area contributed by atoms with Gasteiger partial charge in [0.25, 0.3) is 0 Å². The number of aromatic nitrogens is 5. The van der Waals surface area contributed by atoms with Crippen LogP contribution in [0.15, 0.2) is 61.3 Å². The third-order valence-electron chi connectivity index (χ3n) is 4.71. The predicted octanol–water partition coefficient (Wildman–Crippen LogP) is 4.35. The molecule has 12 heteroatoms. The van der Waals surface area contributed by atoms with Crippen molar-refractivity contribution in [3.8, 4) is 11.1 Å². The third-order valence-corrected chi connectivity index (χ3v) is 4.71. The Morgan fingerprint density at radius 1 is 1.03 bits per heavy atom. The molecule has 0 fully saturated rings. The summed E-state index contributed by atoms with van der Waals surface area (Å²) in [7, 11) is 1.78. The predicted molar refractivity (Wildman–Crippen MR) is 115 cm³/mol. The number of carbonyl (C=O) groups is 1. The van der Waals surface area contributed by atoms with E-state index >= 15 is 0 Å². The number of carbonyl (C=O) groups excluding carboxylic acids is 1. The van der Waals surface area contributed by atoms with Crippen molar-refractivity contribution in [3.63, 3.8) is 0 Å². The molecule has 4 aromatic rings. The molecule has 1 aromatic carbocycles. The Kier molecular flexibility index (Phi) is 6.21. The first-order valence-corrected chi connectivity index (χ1v) is 9.87. The summed E-state index contributed by atoms with van der Waals surface area (Å²) in [6.45, 7) is 0. The van der Waals surface area contributed by atoms with Crippen LogP contribution in [-0.4, -0.2) is 30.6 Å². The van der Waals surface area contributed by atoms with Crippen LogP contribution in [0.5, 0.6) is 0 Å². The van der Waals surface area contributed by atoms with Gasteiger partial charge in [-0.2, -0.15) is 18.3 Å². The van der Waals surface area contributed by atoms with Gasteiger partial charge in [0.1, 0.15) is 11.6 Å². The number of amides is 1. The zero-order valence-corrected chi connectivity index (χ0v) is 17.6. The minimum absolute atomic E-state index is 0.0732. The van der Waals surface area contributed by atoms with Gasteiger partial charge < -0.3 is 10.6 Å². The number of hydrogen-bond acceptors (Lipinski definition) is 6. The molecule has 0 spiro atoms. The van der Waals surface area contributed by atoms with Crippen molar-refractivity contribution >= 4 is 23.4 Å². The molecule has 0 radical (unpaired) electrons. The van der Waals surface area contributed by atoms with E-state index in [1.54, 1.807) is 30.2 Å². The van der Waals surface area contributed by atoms with E-state index in [9.17, 15) is 22.4 Å². The van der Waals surface area contributed by atoms with Gasteiger partial charge in [-0.3, -0.25) is 9.48 Å². The Labute approximate surface area is 190 Å². The van der Waals surface area contributed by atoms with Gasteiger partial charge in [0.15, 0.2) is 0 Å². The molecule has 34 heavy (non-hydrogen) atoms. The average molecular weight is 471 g/mol. The maximum absolute atomic E-state index is 14.6. The van der Waals surface area contributed by atoms with Crippen LogP contribution >= 0.6 is 0 Å². The second kappa shape index (κ2) is 9.25. The monoisotopic (exact) mass is 471 g/mol. The van der Waals surface area contributed by atoms with Crippen LogP contribution in [0.25, 0.3) is 11.1 Å². The lowest BCUT2D eigenvalue weighted by molar-refractivity contribution is -0.137. The van der Waals surface area contributed by atoms with Crippen LogP contribution in [0.2, 0.25) is 0 Å². The number of halogens is 4. The van der Waals surface area contributed by atoms with Gasteiger partial charge in [-0.05, 0) is 29.3 Å². The van der Waals surface area contributed by atoms with Gasteiger partial charge >= 0.3 is 6.18 Å². The Morgan fingerprint density at radius 3 is 2.44 bits per heavy atom. The van der Waals surface area contributed by atoms with E-state index in [1.165, 1.54) is 24.5 Å². The maximum atomic E-state index is 14.6. The van der Waals surface area contributed by atoms with Crippen molar-refractivity contribution in [2.75, 3.05) is 10.6 Å².